The third-order valence-corrected chi connectivity index (χ3v) is 8.75. The second-order valence-electron chi connectivity index (χ2n) is 12.0. The monoisotopic (exact) mass is 576 g/mol. The smallest absolute Gasteiger partial charge is 0.122 e. The van der Waals surface area contributed by atoms with Gasteiger partial charge in [-0.15, -0.1) is 0 Å². The van der Waals surface area contributed by atoms with Gasteiger partial charge in [0.2, 0.25) is 0 Å². The summed E-state index contributed by atoms with van der Waals surface area (Å²) in [7, 11) is 0. The minimum absolute atomic E-state index is 0.193. The Balaban J connectivity index is 1.30. The molecule has 0 spiro atoms. The first-order valence-corrected chi connectivity index (χ1v) is 15.4. The quantitative estimate of drug-likeness (QED) is 0.146. The van der Waals surface area contributed by atoms with Gasteiger partial charge in [-0.2, -0.15) is 0 Å². The summed E-state index contributed by atoms with van der Waals surface area (Å²) < 4.78 is 34.8. The molecule has 4 atom stereocenters. The third kappa shape index (κ3) is 5.93. The zero-order valence-corrected chi connectivity index (χ0v) is 24.2. The average molecular weight is 577 g/mol. The molecule has 4 aliphatic heterocycles. The lowest BCUT2D eigenvalue weighted by atomic mass is 9.64. The molecule has 4 aromatic carbocycles. The summed E-state index contributed by atoms with van der Waals surface area (Å²) in [4.78, 5) is 0. The predicted octanol–water partition coefficient (Wildman–Crippen LogP) is 5.51. The van der Waals surface area contributed by atoms with E-state index in [0.29, 0.717) is 13.2 Å². The van der Waals surface area contributed by atoms with Gasteiger partial charge in [-0.25, -0.2) is 0 Å². The zero-order chi connectivity index (χ0) is 28.6. The van der Waals surface area contributed by atoms with Crippen molar-refractivity contribution in [3.63, 3.8) is 0 Å². The van der Waals surface area contributed by atoms with Gasteiger partial charge in [0.1, 0.15) is 36.9 Å². The molecule has 0 radical (unpaired) electrons. The molecule has 4 unspecified atom stereocenters. The Bertz CT molecular complexity index is 1440. The third-order valence-electron chi connectivity index (χ3n) is 8.75. The second-order valence-corrected chi connectivity index (χ2v) is 12.0. The van der Waals surface area contributed by atoms with E-state index in [1.165, 1.54) is 22.3 Å². The van der Waals surface area contributed by atoms with E-state index in [1.54, 1.807) is 0 Å². The van der Waals surface area contributed by atoms with Crippen molar-refractivity contribution in [2.75, 3.05) is 39.6 Å². The molecule has 4 heterocycles. The lowest BCUT2D eigenvalue weighted by Gasteiger charge is -2.37. The highest BCUT2D eigenvalue weighted by atomic mass is 16.6. The van der Waals surface area contributed by atoms with Crippen molar-refractivity contribution >= 4 is 0 Å². The minimum Gasteiger partial charge on any atom is -0.491 e. The van der Waals surface area contributed by atoms with Crippen LogP contribution in [0.1, 0.15) is 33.4 Å². The van der Waals surface area contributed by atoms with Gasteiger partial charge in [-0.3, -0.25) is 0 Å². The van der Waals surface area contributed by atoms with Crippen LogP contribution in [-0.2, 0) is 37.2 Å². The number of benzene rings is 4. The summed E-state index contributed by atoms with van der Waals surface area (Å²) in [5.74, 6) is 1.81. The van der Waals surface area contributed by atoms with Crippen LogP contribution in [-0.4, -0.2) is 64.1 Å². The van der Waals surface area contributed by atoms with Crippen LogP contribution in [0.3, 0.4) is 0 Å². The molecule has 4 aliphatic rings. The fraction of sp³-hybridized carbons (Fsp3) is 0.351. The molecular weight excluding hydrogens is 540 g/mol. The van der Waals surface area contributed by atoms with Gasteiger partial charge in [0.25, 0.3) is 0 Å². The van der Waals surface area contributed by atoms with Gasteiger partial charge in [0.15, 0.2) is 0 Å². The van der Waals surface area contributed by atoms with E-state index in [-0.39, 0.29) is 24.4 Å². The van der Waals surface area contributed by atoms with Crippen molar-refractivity contribution in [2.45, 2.75) is 42.7 Å². The Hall–Kier alpha value is -3.68. The summed E-state index contributed by atoms with van der Waals surface area (Å²) >= 11 is 0. The lowest BCUT2D eigenvalue weighted by molar-refractivity contribution is 0.260. The lowest BCUT2D eigenvalue weighted by Crippen LogP contribution is -2.31. The van der Waals surface area contributed by atoms with Crippen molar-refractivity contribution in [3.05, 3.63) is 130 Å². The van der Waals surface area contributed by atoms with Crippen molar-refractivity contribution in [2.24, 2.45) is 0 Å². The van der Waals surface area contributed by atoms with Crippen LogP contribution in [0.15, 0.2) is 97.1 Å². The van der Waals surface area contributed by atoms with Crippen LogP contribution >= 0.6 is 0 Å². The van der Waals surface area contributed by atoms with Crippen molar-refractivity contribution in [1.82, 2.24) is 0 Å². The first-order valence-electron chi connectivity index (χ1n) is 15.4. The van der Waals surface area contributed by atoms with Crippen molar-refractivity contribution in [1.29, 1.82) is 0 Å². The first-order chi connectivity index (χ1) is 21.3. The van der Waals surface area contributed by atoms with Crippen LogP contribution in [0.4, 0.5) is 0 Å². The van der Waals surface area contributed by atoms with Gasteiger partial charge in [-0.1, -0.05) is 84.9 Å². The summed E-state index contributed by atoms with van der Waals surface area (Å²) in [5, 5.41) is 0. The molecule has 0 bridgehead atoms. The maximum absolute atomic E-state index is 6.29. The van der Waals surface area contributed by atoms with E-state index in [0.717, 1.165) is 61.9 Å². The number of epoxide rings is 4. The molecule has 4 saturated heterocycles. The SMILES string of the molecule is c1ccc(C(c2ccccc2)(c2ccc(OCC3CO3)c(CC3CO3)c2)c2ccc(OCC3CO3)c(CC3CO3)c2)cc1. The molecule has 43 heavy (non-hydrogen) atoms. The Labute approximate surface area is 252 Å². The summed E-state index contributed by atoms with van der Waals surface area (Å²) in [6.45, 7) is 4.26. The van der Waals surface area contributed by atoms with E-state index in [9.17, 15) is 0 Å². The highest BCUT2D eigenvalue weighted by molar-refractivity contribution is 5.62. The Morgan fingerprint density at radius 1 is 0.488 bits per heavy atom. The van der Waals surface area contributed by atoms with Gasteiger partial charge < -0.3 is 28.4 Å². The largest absolute Gasteiger partial charge is 0.491 e. The Morgan fingerprint density at radius 3 is 1.26 bits per heavy atom. The van der Waals surface area contributed by atoms with Gasteiger partial charge in [0.05, 0.1) is 44.1 Å². The molecule has 4 fully saturated rings. The molecule has 0 aliphatic carbocycles. The normalized spacial score (nSPS) is 23.4. The van der Waals surface area contributed by atoms with E-state index in [4.69, 9.17) is 28.4 Å². The fourth-order valence-electron chi connectivity index (χ4n) is 6.16. The first kappa shape index (κ1) is 26.9. The van der Waals surface area contributed by atoms with Crippen molar-refractivity contribution < 1.29 is 28.4 Å². The molecule has 6 heteroatoms. The van der Waals surface area contributed by atoms with E-state index in [1.807, 2.05) is 0 Å². The summed E-state index contributed by atoms with van der Waals surface area (Å²) in [6, 6.07) is 35.1. The van der Waals surface area contributed by atoms with Gasteiger partial charge >= 0.3 is 0 Å². The molecule has 8 rings (SSSR count). The fourth-order valence-corrected chi connectivity index (χ4v) is 6.16. The zero-order valence-electron chi connectivity index (χ0n) is 24.2. The average Bonchev–Trinajstić information content (AvgIpc) is 3.86. The van der Waals surface area contributed by atoms with Crippen molar-refractivity contribution in [3.8, 4) is 11.5 Å². The maximum atomic E-state index is 6.29. The molecule has 0 aromatic heterocycles. The van der Waals surface area contributed by atoms with Crippen LogP contribution in [0.5, 0.6) is 11.5 Å². The van der Waals surface area contributed by atoms with Crippen LogP contribution in [0.25, 0.3) is 0 Å². The van der Waals surface area contributed by atoms with Crippen LogP contribution < -0.4 is 9.47 Å². The number of hydrogen-bond acceptors (Lipinski definition) is 6. The van der Waals surface area contributed by atoms with Gasteiger partial charge in [0, 0.05) is 12.8 Å². The standard InChI is InChI=1S/C37H36O6/c1-3-7-27(8-4-1)37(28-9-5-2-6-10-28,29-11-13-35(42-23-33-21-40-33)25(15-29)17-31-19-38-31)30-12-14-36(43-24-34-22-41-34)26(16-30)18-32-20-39-32/h1-16,31-34H,17-24H2. The topological polar surface area (TPSA) is 68.6 Å². The summed E-state index contributed by atoms with van der Waals surface area (Å²) in [6.07, 6.45) is 2.48. The Kier molecular flexibility index (Phi) is 7.16. The number of rotatable bonds is 14. The highest BCUT2D eigenvalue weighted by Gasteiger charge is 2.40. The van der Waals surface area contributed by atoms with Crippen LogP contribution in [0.2, 0.25) is 0 Å². The van der Waals surface area contributed by atoms with Crippen LogP contribution in [0, 0.1) is 0 Å². The van der Waals surface area contributed by atoms with E-state index in [2.05, 4.69) is 97.1 Å². The summed E-state index contributed by atoms with van der Waals surface area (Å²) in [5.41, 5.74) is 6.50. The Morgan fingerprint density at radius 2 is 0.884 bits per heavy atom. The van der Waals surface area contributed by atoms with E-state index < -0.39 is 5.41 Å². The molecular formula is C37H36O6. The highest BCUT2D eigenvalue weighted by Crippen LogP contribution is 2.47. The molecule has 220 valence electrons. The number of hydrogen-bond donors (Lipinski definition) is 0. The molecule has 0 N–H and O–H groups in total. The van der Waals surface area contributed by atoms with Gasteiger partial charge in [-0.05, 0) is 45.5 Å². The molecule has 4 aromatic rings. The number of ether oxygens (including phenoxy) is 6. The molecule has 0 saturated carbocycles. The van der Waals surface area contributed by atoms with E-state index >= 15 is 0 Å². The molecule has 0 amide bonds. The maximum Gasteiger partial charge on any atom is 0.122 e. The molecule has 6 nitrogen and oxygen atoms in total. The predicted molar refractivity (Wildman–Crippen MR) is 162 cm³/mol. The second kappa shape index (κ2) is 11.4. The minimum atomic E-state index is -0.586.